The Kier molecular flexibility index (Phi) is 4150. The molecule has 0 fully saturated rings. The Morgan fingerprint density at radius 2 is 0.364 bits per heavy atom. The van der Waals surface area contributed by atoms with Gasteiger partial charge in [0.2, 0.25) is 0 Å². The SMILES string of the molecule is [In+3].[In+3].[O-2].[O-2].[O-2].[O-2].[O-2].[SiH4].[SiH4].[Zn+2].[Zn+2]. The van der Waals surface area contributed by atoms with Crippen molar-refractivity contribution in [2.45, 2.75) is 0 Å². The van der Waals surface area contributed by atoms with E-state index in [0.717, 1.165) is 0 Å². The molecule has 0 unspecified atom stereocenters. The standard InChI is InChI=1S/2In.5O.2H4Si.2Zn/h;;;;;;;2*1H4;;/q2*+3;5*-2;;;2*+2. The molecule has 11 heteroatoms. The van der Waals surface area contributed by atoms with Crippen molar-refractivity contribution in [2.75, 3.05) is 0 Å². The molecular formula is H8In2O5Si2Zn2. The maximum atomic E-state index is 0. The third kappa shape index (κ3) is 160. The predicted molar refractivity (Wildman–Crippen MR) is 37.6 cm³/mol. The molecule has 0 amide bonds. The van der Waals surface area contributed by atoms with Gasteiger partial charge in [-0.15, -0.1) is 0 Å². The Morgan fingerprint density at radius 1 is 0.364 bits per heavy atom. The molecule has 0 bridgehead atoms. The molecule has 0 aliphatic carbocycles. The van der Waals surface area contributed by atoms with Crippen molar-refractivity contribution >= 4 is 73.6 Å². The molecule has 0 aliphatic rings. The maximum Gasteiger partial charge on any atom is 3.00 e. The molecule has 56 valence electrons. The van der Waals surface area contributed by atoms with Crippen molar-refractivity contribution in [3.05, 3.63) is 0 Å². The molecule has 0 saturated carbocycles. The molecule has 0 radical (unpaired) electrons. The molecule has 0 aliphatic heterocycles. The van der Waals surface area contributed by atoms with Crippen molar-refractivity contribution in [3.63, 3.8) is 0 Å². The van der Waals surface area contributed by atoms with Crippen LogP contribution in [0.15, 0.2) is 0 Å². The van der Waals surface area contributed by atoms with Crippen LogP contribution in [0.1, 0.15) is 0 Å². The second-order valence-corrected chi connectivity index (χ2v) is 0. The Hall–Kier alpha value is 3.22. The minimum atomic E-state index is 0. The van der Waals surface area contributed by atoms with Crippen molar-refractivity contribution in [1.82, 2.24) is 0 Å². The summed E-state index contributed by atoms with van der Waals surface area (Å²) in [5.41, 5.74) is 0. The van der Waals surface area contributed by atoms with Crippen LogP contribution >= 0.6 is 0 Å². The van der Waals surface area contributed by atoms with Crippen LogP contribution in [0.3, 0.4) is 0 Å². The fourth-order valence-corrected chi connectivity index (χ4v) is 0. The zero-order valence-electron chi connectivity index (χ0n) is 4.61. The first-order chi connectivity index (χ1) is 0. The average Bonchev–Trinajstić information content (AvgIpc) is 0. The number of hydrogen-bond donors (Lipinski definition) is 0. The zero-order valence-corrected chi connectivity index (χ0v) is 17.1. The van der Waals surface area contributed by atoms with E-state index in [1.165, 1.54) is 0 Å². The van der Waals surface area contributed by atoms with E-state index in [1.807, 2.05) is 0 Å². The van der Waals surface area contributed by atoms with E-state index in [0.29, 0.717) is 0 Å². The van der Waals surface area contributed by atoms with Crippen LogP contribution in [0.5, 0.6) is 0 Å². The van der Waals surface area contributed by atoms with E-state index in [2.05, 4.69) is 0 Å². The molecule has 0 aromatic carbocycles. The van der Waals surface area contributed by atoms with Crippen molar-refractivity contribution in [3.8, 4) is 0 Å². The van der Waals surface area contributed by atoms with E-state index < -0.39 is 0 Å². The fraction of sp³-hybridized carbons (Fsp3) is 0. The van der Waals surface area contributed by atoms with Crippen LogP contribution in [0.25, 0.3) is 0 Å². The molecular weight excluding hydrogens is 497 g/mol. The van der Waals surface area contributed by atoms with Crippen LogP contribution in [0, 0.1) is 0 Å². The fourth-order valence-electron chi connectivity index (χ4n) is 0. The Labute approximate surface area is 138 Å². The Balaban J connectivity index is 0. The van der Waals surface area contributed by atoms with Gasteiger partial charge in [0, 0.05) is 0 Å². The average molecular weight is 505 g/mol. The molecule has 11 heavy (non-hydrogen) atoms. The summed E-state index contributed by atoms with van der Waals surface area (Å²) in [6.07, 6.45) is 0. The van der Waals surface area contributed by atoms with Crippen molar-refractivity contribution in [2.24, 2.45) is 0 Å². The summed E-state index contributed by atoms with van der Waals surface area (Å²) in [5, 5.41) is 0. The first kappa shape index (κ1) is 240. The molecule has 0 saturated heterocycles. The van der Waals surface area contributed by atoms with E-state index in [-0.39, 0.29) is 140 Å². The summed E-state index contributed by atoms with van der Waals surface area (Å²) in [4.78, 5) is 0. The van der Waals surface area contributed by atoms with Crippen LogP contribution < -0.4 is 0 Å². The molecule has 5 nitrogen and oxygen atoms in total. The molecule has 0 rings (SSSR count). The van der Waals surface area contributed by atoms with Gasteiger partial charge >= 0.3 is 90.6 Å². The third-order valence-corrected chi connectivity index (χ3v) is 0. The van der Waals surface area contributed by atoms with Gasteiger partial charge in [-0.3, -0.25) is 0 Å². The number of hydrogen-bond acceptors (Lipinski definition) is 0. The van der Waals surface area contributed by atoms with Gasteiger partial charge in [0.05, 0.1) is 0 Å². The molecule has 0 heterocycles. The first-order valence-electron chi connectivity index (χ1n) is 0. The van der Waals surface area contributed by atoms with Crippen LogP contribution in [-0.4, -0.2) is 73.6 Å². The summed E-state index contributed by atoms with van der Waals surface area (Å²) in [5.74, 6) is 0. The third-order valence-electron chi connectivity index (χ3n) is 0. The van der Waals surface area contributed by atoms with Gasteiger partial charge in [-0.1, -0.05) is 0 Å². The monoisotopic (exact) mass is 502 g/mol. The summed E-state index contributed by atoms with van der Waals surface area (Å²) in [6, 6.07) is 0. The molecule has 0 atom stereocenters. The van der Waals surface area contributed by atoms with Crippen LogP contribution in [-0.2, 0) is 66.3 Å². The van der Waals surface area contributed by atoms with Gasteiger partial charge in [-0.2, -0.15) is 0 Å². The summed E-state index contributed by atoms with van der Waals surface area (Å²) in [6.45, 7) is 0. The second-order valence-electron chi connectivity index (χ2n) is 0. The largest absolute Gasteiger partial charge is 3.00 e. The van der Waals surface area contributed by atoms with Gasteiger partial charge in [0.15, 0.2) is 0 Å². The van der Waals surface area contributed by atoms with Gasteiger partial charge in [0.1, 0.15) is 0 Å². The van der Waals surface area contributed by atoms with Crippen LogP contribution in [0.4, 0.5) is 0 Å². The minimum Gasteiger partial charge on any atom is -2.00 e. The summed E-state index contributed by atoms with van der Waals surface area (Å²) < 4.78 is 0. The molecule has 0 spiro atoms. The summed E-state index contributed by atoms with van der Waals surface area (Å²) >= 11 is 0. The van der Waals surface area contributed by atoms with Gasteiger partial charge in [-0.25, -0.2) is 0 Å². The van der Waals surface area contributed by atoms with Crippen molar-refractivity contribution < 1.29 is 66.3 Å². The Bertz CT molecular complexity index is 20.4. The second kappa shape index (κ2) is 190. The van der Waals surface area contributed by atoms with E-state index in [4.69, 9.17) is 0 Å². The van der Waals surface area contributed by atoms with Gasteiger partial charge in [-0.05, 0) is 21.9 Å². The quantitative estimate of drug-likeness (QED) is 0.295. The normalized spacial score (nSPS) is 0. The predicted octanol–water partition coefficient (Wildman–Crippen LogP) is -4.26. The minimum absolute atomic E-state index is 0. The molecule has 0 aromatic rings. The van der Waals surface area contributed by atoms with Gasteiger partial charge in [0.25, 0.3) is 0 Å². The van der Waals surface area contributed by atoms with Crippen LogP contribution in [0.2, 0.25) is 0 Å². The molecule has 0 N–H and O–H groups in total. The van der Waals surface area contributed by atoms with Gasteiger partial charge < -0.3 is 27.4 Å². The van der Waals surface area contributed by atoms with E-state index >= 15 is 0 Å². The van der Waals surface area contributed by atoms with Crippen molar-refractivity contribution in [1.29, 1.82) is 0 Å². The number of rotatable bonds is 0. The zero-order chi connectivity index (χ0) is 0. The smallest absolute Gasteiger partial charge is 2.00 e. The first-order valence-corrected chi connectivity index (χ1v) is 0. The molecule has 0 aromatic heterocycles. The maximum absolute atomic E-state index is 0. The Morgan fingerprint density at radius 3 is 0.364 bits per heavy atom. The van der Waals surface area contributed by atoms with E-state index in [9.17, 15) is 0 Å². The summed E-state index contributed by atoms with van der Waals surface area (Å²) in [7, 11) is 0. The topological polar surface area (TPSA) is 142 Å². The van der Waals surface area contributed by atoms with E-state index in [1.54, 1.807) is 0 Å².